The zero-order chi connectivity index (χ0) is 12.8. The average molecular weight is 236 g/mol. The van der Waals surface area contributed by atoms with Crippen LogP contribution in [0.5, 0.6) is 0 Å². The van der Waals surface area contributed by atoms with E-state index in [9.17, 15) is 9.59 Å². The van der Waals surface area contributed by atoms with E-state index in [1.54, 1.807) is 18.2 Å². The maximum atomic E-state index is 10.5. The third-order valence-corrected chi connectivity index (χ3v) is 2.42. The maximum absolute atomic E-state index is 10.5. The van der Waals surface area contributed by atoms with Gasteiger partial charge in [0.05, 0.1) is 0 Å². The van der Waals surface area contributed by atoms with E-state index in [-0.39, 0.29) is 0 Å². The molecular formula is C14H8N2O2. The van der Waals surface area contributed by atoms with E-state index in [1.807, 2.05) is 30.3 Å². The van der Waals surface area contributed by atoms with Crippen LogP contribution in [0.15, 0.2) is 58.5 Å². The highest BCUT2D eigenvalue weighted by Crippen LogP contribution is 2.37. The summed E-state index contributed by atoms with van der Waals surface area (Å²) in [6.07, 6.45) is 2.92. The van der Waals surface area contributed by atoms with Crippen molar-refractivity contribution in [2.45, 2.75) is 0 Å². The fraction of sp³-hybridized carbons (Fsp3) is 0. The van der Waals surface area contributed by atoms with Gasteiger partial charge in [-0.05, 0) is 11.6 Å². The fourth-order valence-corrected chi connectivity index (χ4v) is 1.68. The minimum absolute atomic E-state index is 0.301. The van der Waals surface area contributed by atoms with E-state index in [0.717, 1.165) is 11.1 Å². The predicted octanol–water partition coefficient (Wildman–Crippen LogP) is 3.29. The summed E-state index contributed by atoms with van der Waals surface area (Å²) in [5, 5.41) is 0. The normalized spacial score (nSPS) is 9.11. The van der Waals surface area contributed by atoms with Gasteiger partial charge in [0.2, 0.25) is 12.2 Å². The van der Waals surface area contributed by atoms with Crippen LogP contribution in [0.2, 0.25) is 0 Å². The Labute approximate surface area is 103 Å². The minimum Gasteiger partial charge on any atom is -0.211 e. The van der Waals surface area contributed by atoms with Crippen molar-refractivity contribution in [1.82, 2.24) is 0 Å². The Hall–Kier alpha value is -2.80. The number of nitrogens with zero attached hydrogens (tertiary/aromatic N) is 2. The molecule has 0 radical (unpaired) electrons. The molecule has 18 heavy (non-hydrogen) atoms. The summed E-state index contributed by atoms with van der Waals surface area (Å²) >= 11 is 0. The minimum atomic E-state index is 0.301. The van der Waals surface area contributed by atoms with Crippen LogP contribution >= 0.6 is 0 Å². The predicted molar refractivity (Wildman–Crippen MR) is 67.4 cm³/mol. The summed E-state index contributed by atoms with van der Waals surface area (Å²) in [5.41, 5.74) is 2.22. The number of isocyanates is 2. The number of rotatable bonds is 3. The first-order valence-electron chi connectivity index (χ1n) is 5.21. The van der Waals surface area contributed by atoms with Crippen molar-refractivity contribution in [1.29, 1.82) is 0 Å². The van der Waals surface area contributed by atoms with Crippen molar-refractivity contribution >= 4 is 23.5 Å². The monoisotopic (exact) mass is 236 g/mol. The summed E-state index contributed by atoms with van der Waals surface area (Å²) in [6.45, 7) is 0. The van der Waals surface area contributed by atoms with Gasteiger partial charge in [-0.1, -0.05) is 42.5 Å². The van der Waals surface area contributed by atoms with E-state index in [2.05, 4.69) is 9.98 Å². The molecule has 2 rings (SSSR count). The summed E-state index contributed by atoms with van der Waals surface area (Å²) in [7, 11) is 0. The molecule has 0 N–H and O–H groups in total. The lowest BCUT2D eigenvalue weighted by atomic mass is 10.0. The van der Waals surface area contributed by atoms with Gasteiger partial charge in [-0.2, -0.15) is 9.98 Å². The van der Waals surface area contributed by atoms with Crippen LogP contribution in [-0.4, -0.2) is 12.2 Å². The summed E-state index contributed by atoms with van der Waals surface area (Å²) in [4.78, 5) is 28.0. The lowest BCUT2D eigenvalue weighted by Crippen LogP contribution is -1.79. The van der Waals surface area contributed by atoms with E-state index in [1.165, 1.54) is 12.2 Å². The molecule has 0 aliphatic rings. The molecule has 0 aliphatic heterocycles. The topological polar surface area (TPSA) is 58.9 Å². The van der Waals surface area contributed by atoms with Crippen LogP contribution in [-0.2, 0) is 9.59 Å². The molecule has 2 aromatic rings. The Balaban J connectivity index is 2.71. The lowest BCUT2D eigenvalue weighted by molar-refractivity contribution is 0.564. The second kappa shape index (κ2) is 5.51. The molecule has 0 heterocycles. The molecule has 4 nitrogen and oxygen atoms in total. The number of hydrogen-bond donors (Lipinski definition) is 0. The second-order valence-electron chi connectivity index (χ2n) is 3.45. The quantitative estimate of drug-likeness (QED) is 0.606. The summed E-state index contributed by atoms with van der Waals surface area (Å²) < 4.78 is 0. The Morgan fingerprint density at radius 2 is 1.50 bits per heavy atom. The van der Waals surface area contributed by atoms with Crippen LogP contribution in [0.25, 0.3) is 11.1 Å². The molecule has 4 heteroatoms. The van der Waals surface area contributed by atoms with Crippen molar-refractivity contribution in [3.8, 4) is 11.1 Å². The Morgan fingerprint density at radius 3 is 2.17 bits per heavy atom. The Bertz CT molecular complexity index is 653. The van der Waals surface area contributed by atoms with Crippen molar-refractivity contribution < 1.29 is 9.59 Å². The Morgan fingerprint density at radius 1 is 0.778 bits per heavy atom. The highest BCUT2D eigenvalue weighted by Gasteiger charge is 2.08. The molecule has 0 saturated heterocycles. The zero-order valence-corrected chi connectivity index (χ0v) is 9.33. The standard InChI is InChI=1S/C14H8N2O2/c17-9-15-13-8-4-7-12(14(13)16-10-18)11-5-2-1-3-6-11/h1-8H. The lowest BCUT2D eigenvalue weighted by Gasteiger charge is -2.06. The SMILES string of the molecule is O=C=Nc1cccc(-c2ccccc2)c1N=C=O. The van der Waals surface area contributed by atoms with E-state index in [4.69, 9.17) is 0 Å². The molecule has 0 bridgehead atoms. The molecule has 0 atom stereocenters. The third-order valence-electron chi connectivity index (χ3n) is 2.42. The van der Waals surface area contributed by atoms with Crippen LogP contribution < -0.4 is 0 Å². The van der Waals surface area contributed by atoms with Crippen molar-refractivity contribution in [3.05, 3.63) is 48.5 Å². The van der Waals surface area contributed by atoms with Gasteiger partial charge in [-0.25, -0.2) is 9.59 Å². The second-order valence-corrected chi connectivity index (χ2v) is 3.45. The number of benzene rings is 2. The maximum Gasteiger partial charge on any atom is 0.240 e. The van der Waals surface area contributed by atoms with E-state index >= 15 is 0 Å². The molecule has 2 aromatic carbocycles. The molecule has 0 unspecified atom stereocenters. The summed E-state index contributed by atoms with van der Waals surface area (Å²) in [5.74, 6) is 0. The van der Waals surface area contributed by atoms with Gasteiger partial charge in [-0.3, -0.25) is 0 Å². The Kier molecular flexibility index (Phi) is 3.57. The van der Waals surface area contributed by atoms with Crippen LogP contribution in [0.1, 0.15) is 0 Å². The van der Waals surface area contributed by atoms with Crippen molar-refractivity contribution in [3.63, 3.8) is 0 Å². The van der Waals surface area contributed by atoms with Crippen molar-refractivity contribution in [2.24, 2.45) is 9.98 Å². The highest BCUT2D eigenvalue weighted by molar-refractivity contribution is 5.85. The van der Waals surface area contributed by atoms with Gasteiger partial charge in [0.25, 0.3) is 0 Å². The van der Waals surface area contributed by atoms with Gasteiger partial charge in [0, 0.05) is 5.56 Å². The van der Waals surface area contributed by atoms with Crippen LogP contribution in [0.4, 0.5) is 11.4 Å². The number of aliphatic imine (C=N–C) groups is 2. The number of para-hydroxylation sites is 1. The first kappa shape index (κ1) is 11.7. The molecular weight excluding hydrogens is 228 g/mol. The average Bonchev–Trinajstić information content (AvgIpc) is 2.42. The van der Waals surface area contributed by atoms with Gasteiger partial charge in [-0.15, -0.1) is 0 Å². The van der Waals surface area contributed by atoms with Crippen LogP contribution in [0.3, 0.4) is 0 Å². The zero-order valence-electron chi connectivity index (χ0n) is 9.33. The van der Waals surface area contributed by atoms with Gasteiger partial charge in [0.1, 0.15) is 11.4 Å². The molecule has 0 fully saturated rings. The molecule has 0 amide bonds. The molecule has 0 spiro atoms. The number of carbonyl (C=O) groups excluding carboxylic acids is 2. The highest BCUT2D eigenvalue weighted by atomic mass is 16.1. The summed E-state index contributed by atoms with van der Waals surface area (Å²) in [6, 6.07) is 14.5. The van der Waals surface area contributed by atoms with Gasteiger partial charge >= 0.3 is 0 Å². The fourth-order valence-electron chi connectivity index (χ4n) is 1.68. The number of hydrogen-bond acceptors (Lipinski definition) is 4. The molecule has 0 aliphatic carbocycles. The van der Waals surface area contributed by atoms with Gasteiger partial charge < -0.3 is 0 Å². The molecule has 0 saturated carbocycles. The first-order chi connectivity index (χ1) is 8.86. The largest absolute Gasteiger partial charge is 0.240 e. The molecule has 86 valence electrons. The van der Waals surface area contributed by atoms with Gasteiger partial charge in [0.15, 0.2) is 0 Å². The molecule has 0 aromatic heterocycles. The third kappa shape index (κ3) is 2.30. The smallest absolute Gasteiger partial charge is 0.211 e. The first-order valence-corrected chi connectivity index (χ1v) is 5.21. The van der Waals surface area contributed by atoms with Crippen LogP contribution in [0, 0.1) is 0 Å². The van der Waals surface area contributed by atoms with Crippen molar-refractivity contribution in [2.75, 3.05) is 0 Å². The van der Waals surface area contributed by atoms with E-state index in [0.29, 0.717) is 11.4 Å². The van der Waals surface area contributed by atoms with E-state index < -0.39 is 0 Å².